The van der Waals surface area contributed by atoms with Gasteiger partial charge in [0.15, 0.2) is 6.61 Å². The molecular weight excluding hydrogens is 502 g/mol. The molecule has 0 saturated carbocycles. The summed E-state index contributed by atoms with van der Waals surface area (Å²) in [7, 11) is -1.15. The van der Waals surface area contributed by atoms with Gasteiger partial charge in [0.25, 0.3) is 5.91 Å². The molecule has 3 aromatic carbocycles. The Morgan fingerprint density at radius 3 is 2.24 bits per heavy atom. The number of hydrogen-bond acceptors (Lipinski definition) is 7. The summed E-state index contributed by atoms with van der Waals surface area (Å²) in [4.78, 5) is 21.7. The second-order valence-corrected chi connectivity index (χ2v) is 11.8. The first kappa shape index (κ1) is 26.1. The highest BCUT2D eigenvalue weighted by Gasteiger charge is 2.22. The predicted octanol–water partition coefficient (Wildman–Crippen LogP) is 2.69. The lowest BCUT2D eigenvalue weighted by molar-refractivity contribution is -0.133. The maximum absolute atomic E-state index is 12.9. The second-order valence-electron chi connectivity index (χ2n) is 10.0. The van der Waals surface area contributed by atoms with Gasteiger partial charge in [-0.2, -0.15) is 0 Å². The number of rotatable bonds is 7. The van der Waals surface area contributed by atoms with E-state index in [1.54, 1.807) is 12.1 Å². The van der Waals surface area contributed by atoms with Gasteiger partial charge in [0.2, 0.25) is 10.0 Å². The molecule has 0 atom stereocenters. The molecule has 38 heavy (non-hydrogen) atoms. The summed E-state index contributed by atoms with van der Waals surface area (Å²) >= 11 is 0. The lowest BCUT2D eigenvalue weighted by atomic mass is 10.1. The number of piperazine rings is 2. The van der Waals surface area contributed by atoms with Gasteiger partial charge < -0.3 is 24.3 Å². The van der Waals surface area contributed by atoms with Gasteiger partial charge in [0, 0.05) is 74.8 Å². The largest absolute Gasteiger partial charge is 0.484 e. The number of benzene rings is 3. The lowest BCUT2D eigenvalue weighted by Gasteiger charge is -2.36. The zero-order chi connectivity index (χ0) is 26.7. The predicted molar refractivity (Wildman–Crippen MR) is 153 cm³/mol. The fraction of sp³-hybridized carbons (Fsp3) is 0.393. The van der Waals surface area contributed by atoms with Crippen LogP contribution < -0.4 is 19.3 Å². The van der Waals surface area contributed by atoms with Crippen molar-refractivity contribution in [3.8, 4) is 5.75 Å². The number of fused-ring (bicyclic) bond motifs is 1. The van der Waals surface area contributed by atoms with Crippen molar-refractivity contribution in [2.45, 2.75) is 0 Å². The highest BCUT2D eigenvalue weighted by atomic mass is 32.2. The number of anilines is 3. The van der Waals surface area contributed by atoms with Crippen LogP contribution in [-0.2, 0) is 14.8 Å². The van der Waals surface area contributed by atoms with Crippen molar-refractivity contribution in [2.75, 3.05) is 86.8 Å². The van der Waals surface area contributed by atoms with E-state index < -0.39 is 10.0 Å². The Hall–Kier alpha value is -3.50. The molecule has 0 aromatic heterocycles. The number of amides is 1. The summed E-state index contributed by atoms with van der Waals surface area (Å²) in [6.45, 7) is 6.70. The van der Waals surface area contributed by atoms with Crippen molar-refractivity contribution in [2.24, 2.45) is 0 Å². The number of nitrogens with one attached hydrogen (secondary N) is 1. The monoisotopic (exact) mass is 537 g/mol. The van der Waals surface area contributed by atoms with E-state index in [4.69, 9.17) is 4.74 Å². The number of ether oxygens (including phenoxy) is 1. The van der Waals surface area contributed by atoms with E-state index in [1.807, 2.05) is 23.1 Å². The van der Waals surface area contributed by atoms with Crippen LogP contribution >= 0.6 is 0 Å². The van der Waals surface area contributed by atoms with E-state index in [1.165, 1.54) is 5.69 Å². The number of nitrogens with zero attached hydrogens (tertiary/aromatic N) is 4. The molecule has 3 aromatic rings. The highest BCUT2D eigenvalue weighted by Crippen LogP contribution is 2.31. The molecule has 9 nitrogen and oxygen atoms in total. The molecule has 2 aliphatic rings. The molecule has 2 heterocycles. The van der Waals surface area contributed by atoms with Crippen molar-refractivity contribution in [1.82, 2.24) is 9.80 Å². The fourth-order valence-corrected chi connectivity index (χ4v) is 5.62. The van der Waals surface area contributed by atoms with Crippen LogP contribution in [0.25, 0.3) is 10.8 Å². The minimum Gasteiger partial charge on any atom is -0.484 e. The van der Waals surface area contributed by atoms with E-state index in [-0.39, 0.29) is 12.5 Å². The molecule has 0 bridgehead atoms. The summed E-state index contributed by atoms with van der Waals surface area (Å²) in [6, 6.07) is 19.7. The van der Waals surface area contributed by atoms with Gasteiger partial charge >= 0.3 is 0 Å². The molecule has 0 aliphatic carbocycles. The summed E-state index contributed by atoms with van der Waals surface area (Å²) in [5.41, 5.74) is 2.75. The van der Waals surface area contributed by atoms with E-state index in [0.29, 0.717) is 37.6 Å². The van der Waals surface area contributed by atoms with Crippen LogP contribution in [0.5, 0.6) is 5.75 Å². The third kappa shape index (κ3) is 6.31. The Kier molecular flexibility index (Phi) is 7.62. The summed E-state index contributed by atoms with van der Waals surface area (Å²) < 4.78 is 31.3. The normalized spacial score (nSPS) is 17.1. The standard InChI is InChI=1S/C28H35N5O4S/c1-30-12-14-32(15-13-30)27-5-3-4-22-6-11-25(20-26(22)27)37-21-28(34)33-18-16-31(17-19-33)24-9-7-23(8-10-24)29-38(2,35)36/h3-11,20,29H,12-19,21H2,1-2H3. The minimum absolute atomic E-state index is 0.00798. The zero-order valence-corrected chi connectivity index (χ0v) is 22.8. The Bertz CT molecular complexity index is 1380. The van der Waals surface area contributed by atoms with Gasteiger partial charge in [-0.1, -0.05) is 18.2 Å². The third-order valence-electron chi connectivity index (χ3n) is 7.20. The summed E-state index contributed by atoms with van der Waals surface area (Å²) in [5, 5.41) is 2.31. The van der Waals surface area contributed by atoms with Gasteiger partial charge in [-0.15, -0.1) is 0 Å². The maximum atomic E-state index is 12.9. The molecule has 0 spiro atoms. The van der Waals surface area contributed by atoms with Gasteiger partial charge in [0.1, 0.15) is 5.75 Å². The summed E-state index contributed by atoms with van der Waals surface area (Å²) in [5.74, 6) is 0.679. The van der Waals surface area contributed by atoms with E-state index in [2.05, 4.69) is 56.8 Å². The van der Waals surface area contributed by atoms with Crippen LogP contribution in [0, 0.1) is 0 Å². The molecule has 1 N–H and O–H groups in total. The number of hydrogen-bond donors (Lipinski definition) is 1. The molecule has 5 rings (SSSR count). The average Bonchev–Trinajstić information content (AvgIpc) is 2.91. The highest BCUT2D eigenvalue weighted by molar-refractivity contribution is 7.92. The first-order valence-corrected chi connectivity index (χ1v) is 14.8. The third-order valence-corrected chi connectivity index (χ3v) is 7.81. The summed E-state index contributed by atoms with van der Waals surface area (Å²) in [6.07, 6.45) is 1.13. The van der Waals surface area contributed by atoms with Crippen LogP contribution in [0.4, 0.5) is 17.1 Å². The lowest BCUT2D eigenvalue weighted by Crippen LogP contribution is -2.50. The fourth-order valence-electron chi connectivity index (χ4n) is 5.05. The Morgan fingerprint density at radius 2 is 1.55 bits per heavy atom. The molecule has 10 heteroatoms. The topological polar surface area (TPSA) is 85.4 Å². The van der Waals surface area contributed by atoms with Crippen LogP contribution in [-0.4, -0.2) is 96.4 Å². The van der Waals surface area contributed by atoms with Crippen LogP contribution in [0.15, 0.2) is 60.7 Å². The molecule has 2 fully saturated rings. The van der Waals surface area contributed by atoms with Crippen molar-refractivity contribution in [3.63, 3.8) is 0 Å². The van der Waals surface area contributed by atoms with Gasteiger partial charge in [0.05, 0.1) is 6.26 Å². The molecule has 0 radical (unpaired) electrons. The zero-order valence-electron chi connectivity index (χ0n) is 22.0. The number of likely N-dealkylation sites (N-methyl/N-ethyl adjacent to an activating group) is 1. The van der Waals surface area contributed by atoms with Crippen LogP contribution in [0.2, 0.25) is 0 Å². The van der Waals surface area contributed by atoms with E-state index in [0.717, 1.165) is 48.9 Å². The van der Waals surface area contributed by atoms with Crippen molar-refractivity contribution in [1.29, 1.82) is 0 Å². The van der Waals surface area contributed by atoms with Gasteiger partial charge in [-0.05, 0) is 54.9 Å². The van der Waals surface area contributed by atoms with E-state index in [9.17, 15) is 13.2 Å². The molecule has 202 valence electrons. The maximum Gasteiger partial charge on any atom is 0.260 e. The quantitative estimate of drug-likeness (QED) is 0.496. The number of carbonyl (C=O) groups excluding carboxylic acids is 1. The number of sulfonamides is 1. The first-order chi connectivity index (χ1) is 18.2. The molecule has 1 amide bonds. The molecular formula is C28H35N5O4S. The Balaban J connectivity index is 1.16. The van der Waals surface area contributed by atoms with Crippen molar-refractivity contribution >= 4 is 43.8 Å². The van der Waals surface area contributed by atoms with Crippen molar-refractivity contribution in [3.05, 3.63) is 60.7 Å². The average molecular weight is 538 g/mol. The first-order valence-electron chi connectivity index (χ1n) is 12.9. The van der Waals surface area contributed by atoms with E-state index >= 15 is 0 Å². The minimum atomic E-state index is -3.30. The molecule has 2 saturated heterocycles. The van der Waals surface area contributed by atoms with Gasteiger partial charge in [-0.25, -0.2) is 8.42 Å². The number of carbonyl (C=O) groups is 1. The Labute approximate surface area is 224 Å². The SMILES string of the molecule is CN1CCN(c2cccc3ccc(OCC(=O)N4CCN(c5ccc(NS(C)(=O)=O)cc5)CC4)cc23)CC1. The smallest absolute Gasteiger partial charge is 0.260 e. The van der Waals surface area contributed by atoms with Crippen LogP contribution in [0.1, 0.15) is 0 Å². The second kappa shape index (κ2) is 11.1. The Morgan fingerprint density at radius 1 is 0.868 bits per heavy atom. The van der Waals surface area contributed by atoms with Crippen LogP contribution in [0.3, 0.4) is 0 Å². The van der Waals surface area contributed by atoms with Crippen molar-refractivity contribution < 1.29 is 17.9 Å². The van der Waals surface area contributed by atoms with Gasteiger partial charge in [-0.3, -0.25) is 9.52 Å². The molecule has 2 aliphatic heterocycles. The molecule has 0 unspecified atom stereocenters.